The number of benzene rings is 2. The van der Waals surface area contributed by atoms with E-state index in [1.807, 2.05) is 30.3 Å². The molecule has 0 amide bonds. The van der Waals surface area contributed by atoms with Crippen LogP contribution in [0.2, 0.25) is 0 Å². The van der Waals surface area contributed by atoms with Crippen molar-refractivity contribution < 1.29 is 17.6 Å². The third-order valence-corrected chi connectivity index (χ3v) is 2.98. The van der Waals surface area contributed by atoms with Crippen molar-refractivity contribution in [3.05, 3.63) is 60.0 Å². The molecule has 0 atom stereocenters. The number of halogens is 3. The van der Waals surface area contributed by atoms with E-state index in [9.17, 15) is 13.2 Å². The van der Waals surface area contributed by atoms with Crippen LogP contribution in [0.3, 0.4) is 0 Å². The van der Waals surface area contributed by atoms with Crippen molar-refractivity contribution in [3.8, 4) is 0 Å². The molecule has 0 fully saturated rings. The zero-order valence-corrected chi connectivity index (χ0v) is 10.8. The monoisotopic (exact) mass is 292 g/mol. The predicted octanol–water partition coefficient (Wildman–Crippen LogP) is 4.46. The maximum Gasteiger partial charge on any atom is 0.416 e. The number of fused-ring (bicyclic) bond motifs is 1. The van der Waals surface area contributed by atoms with Gasteiger partial charge in [0.25, 0.3) is 0 Å². The Morgan fingerprint density at radius 3 is 2.52 bits per heavy atom. The molecule has 0 radical (unpaired) electrons. The maximum absolute atomic E-state index is 12.6. The van der Waals surface area contributed by atoms with E-state index in [4.69, 9.17) is 4.42 Å². The van der Waals surface area contributed by atoms with Gasteiger partial charge in [-0.1, -0.05) is 18.2 Å². The van der Waals surface area contributed by atoms with E-state index in [0.717, 1.165) is 17.8 Å². The number of alkyl halides is 3. The van der Waals surface area contributed by atoms with Gasteiger partial charge in [-0.2, -0.15) is 13.2 Å². The van der Waals surface area contributed by atoms with Crippen LogP contribution >= 0.6 is 0 Å². The van der Waals surface area contributed by atoms with Gasteiger partial charge in [0, 0.05) is 5.69 Å². The molecule has 1 heterocycles. The van der Waals surface area contributed by atoms with E-state index in [1.165, 1.54) is 6.07 Å². The van der Waals surface area contributed by atoms with Gasteiger partial charge < -0.3 is 9.73 Å². The highest BCUT2D eigenvalue weighted by Crippen LogP contribution is 2.31. The van der Waals surface area contributed by atoms with Gasteiger partial charge in [0.15, 0.2) is 5.58 Å². The number of rotatable bonds is 3. The van der Waals surface area contributed by atoms with E-state index in [-0.39, 0.29) is 5.52 Å². The molecule has 0 unspecified atom stereocenters. The van der Waals surface area contributed by atoms with Crippen molar-refractivity contribution in [2.75, 3.05) is 5.32 Å². The molecule has 0 aliphatic carbocycles. The number of oxazole rings is 1. The molecule has 3 rings (SSSR count). The highest BCUT2D eigenvalue weighted by molar-refractivity contribution is 5.73. The number of nitrogens with one attached hydrogen (secondary N) is 1. The number of hydrogen-bond acceptors (Lipinski definition) is 3. The van der Waals surface area contributed by atoms with Crippen molar-refractivity contribution in [2.24, 2.45) is 0 Å². The first kappa shape index (κ1) is 13.5. The summed E-state index contributed by atoms with van der Waals surface area (Å²) in [5.41, 5.74) is 0.698. The van der Waals surface area contributed by atoms with Gasteiger partial charge in [-0.25, -0.2) is 4.98 Å². The number of para-hydroxylation sites is 1. The Hall–Kier alpha value is -2.50. The van der Waals surface area contributed by atoms with Gasteiger partial charge >= 0.3 is 6.18 Å². The van der Waals surface area contributed by atoms with Gasteiger partial charge in [0.2, 0.25) is 5.89 Å². The summed E-state index contributed by atoms with van der Waals surface area (Å²) in [4.78, 5) is 4.07. The van der Waals surface area contributed by atoms with Gasteiger partial charge in [-0.15, -0.1) is 0 Å². The minimum absolute atomic E-state index is 0.203. The molecule has 0 saturated heterocycles. The third-order valence-electron chi connectivity index (χ3n) is 2.98. The molecule has 2 aromatic carbocycles. The van der Waals surface area contributed by atoms with Crippen LogP contribution in [0.1, 0.15) is 11.5 Å². The van der Waals surface area contributed by atoms with Crippen molar-refractivity contribution in [1.29, 1.82) is 0 Å². The van der Waals surface area contributed by atoms with Crippen LogP contribution in [0.15, 0.2) is 52.9 Å². The molecular weight excluding hydrogens is 281 g/mol. The lowest BCUT2D eigenvalue weighted by Crippen LogP contribution is -2.04. The zero-order chi connectivity index (χ0) is 14.9. The summed E-state index contributed by atoms with van der Waals surface area (Å²) in [6.07, 6.45) is -4.38. The van der Waals surface area contributed by atoms with Crippen LogP contribution in [0.5, 0.6) is 0 Å². The fourth-order valence-corrected chi connectivity index (χ4v) is 1.96. The third kappa shape index (κ3) is 2.99. The van der Waals surface area contributed by atoms with Crippen LogP contribution in [0.25, 0.3) is 11.1 Å². The summed E-state index contributed by atoms with van der Waals surface area (Å²) < 4.78 is 43.3. The first-order valence-corrected chi connectivity index (χ1v) is 6.28. The molecular formula is C15H11F3N2O. The Balaban J connectivity index is 1.81. The van der Waals surface area contributed by atoms with E-state index in [1.54, 1.807) is 0 Å². The van der Waals surface area contributed by atoms with Gasteiger partial charge in [-0.05, 0) is 30.3 Å². The van der Waals surface area contributed by atoms with Crippen LogP contribution in [0, 0.1) is 0 Å². The first-order valence-electron chi connectivity index (χ1n) is 6.28. The molecule has 0 aliphatic rings. The van der Waals surface area contributed by atoms with Gasteiger partial charge in [-0.3, -0.25) is 0 Å². The number of anilines is 1. The van der Waals surface area contributed by atoms with Crippen LogP contribution in [-0.2, 0) is 12.7 Å². The van der Waals surface area contributed by atoms with Gasteiger partial charge in [0.1, 0.15) is 5.52 Å². The predicted molar refractivity (Wildman–Crippen MR) is 72.8 cm³/mol. The molecule has 3 nitrogen and oxygen atoms in total. The minimum atomic E-state index is -4.38. The molecule has 0 saturated carbocycles. The van der Waals surface area contributed by atoms with E-state index in [0.29, 0.717) is 18.0 Å². The van der Waals surface area contributed by atoms with Crippen molar-refractivity contribution in [3.63, 3.8) is 0 Å². The van der Waals surface area contributed by atoms with Crippen LogP contribution in [0.4, 0.5) is 18.9 Å². The SMILES string of the molecule is FC(F)(F)c1ccc2oc(CNc3ccccc3)nc2c1. The molecule has 21 heavy (non-hydrogen) atoms. The molecule has 0 bridgehead atoms. The lowest BCUT2D eigenvalue weighted by Gasteiger charge is -2.04. The summed E-state index contributed by atoms with van der Waals surface area (Å²) in [6.45, 7) is 0.306. The lowest BCUT2D eigenvalue weighted by atomic mass is 10.2. The second-order valence-corrected chi connectivity index (χ2v) is 4.51. The fraction of sp³-hybridized carbons (Fsp3) is 0.133. The Bertz CT molecular complexity index is 750. The highest BCUT2D eigenvalue weighted by Gasteiger charge is 2.30. The quantitative estimate of drug-likeness (QED) is 0.774. The number of nitrogens with zero attached hydrogens (tertiary/aromatic N) is 1. The summed E-state index contributed by atoms with van der Waals surface area (Å²) in [5, 5.41) is 3.09. The van der Waals surface area contributed by atoms with Crippen molar-refractivity contribution in [1.82, 2.24) is 4.98 Å². The van der Waals surface area contributed by atoms with Crippen molar-refractivity contribution >= 4 is 16.8 Å². The Morgan fingerprint density at radius 1 is 1.05 bits per heavy atom. The lowest BCUT2D eigenvalue weighted by molar-refractivity contribution is -0.137. The smallest absolute Gasteiger partial charge is 0.416 e. The molecule has 1 aromatic heterocycles. The average Bonchev–Trinajstić information content (AvgIpc) is 2.87. The summed E-state index contributed by atoms with van der Waals surface area (Å²) >= 11 is 0. The summed E-state index contributed by atoms with van der Waals surface area (Å²) in [7, 11) is 0. The molecule has 1 N–H and O–H groups in total. The Kier molecular flexibility index (Phi) is 3.29. The molecule has 3 aromatic rings. The first-order chi connectivity index (χ1) is 10.0. The van der Waals surface area contributed by atoms with Crippen LogP contribution < -0.4 is 5.32 Å². The minimum Gasteiger partial charge on any atom is -0.439 e. The molecule has 6 heteroatoms. The number of hydrogen-bond donors (Lipinski definition) is 1. The van der Waals surface area contributed by atoms with Crippen LogP contribution in [-0.4, -0.2) is 4.98 Å². The van der Waals surface area contributed by atoms with E-state index < -0.39 is 11.7 Å². The topological polar surface area (TPSA) is 38.1 Å². The molecule has 108 valence electrons. The Labute approximate surface area is 118 Å². The Morgan fingerprint density at radius 2 is 1.81 bits per heavy atom. The highest BCUT2D eigenvalue weighted by atomic mass is 19.4. The summed E-state index contributed by atoms with van der Waals surface area (Å²) in [6, 6.07) is 12.7. The fourth-order valence-electron chi connectivity index (χ4n) is 1.96. The second-order valence-electron chi connectivity index (χ2n) is 4.51. The molecule has 0 aliphatic heterocycles. The van der Waals surface area contributed by atoms with Gasteiger partial charge in [0.05, 0.1) is 12.1 Å². The standard InChI is InChI=1S/C15H11F3N2O/c16-15(17,18)10-6-7-13-12(8-10)20-14(21-13)9-19-11-4-2-1-3-5-11/h1-8,19H,9H2. The number of aromatic nitrogens is 1. The zero-order valence-electron chi connectivity index (χ0n) is 10.8. The van der Waals surface area contributed by atoms with Crippen molar-refractivity contribution in [2.45, 2.75) is 12.7 Å². The average molecular weight is 292 g/mol. The van der Waals surface area contributed by atoms with E-state index in [2.05, 4.69) is 10.3 Å². The second kappa shape index (κ2) is 5.12. The summed E-state index contributed by atoms with van der Waals surface area (Å²) in [5.74, 6) is 0.341. The maximum atomic E-state index is 12.6. The van der Waals surface area contributed by atoms with E-state index >= 15 is 0 Å². The largest absolute Gasteiger partial charge is 0.439 e. The molecule has 0 spiro atoms. The normalized spacial score (nSPS) is 11.8.